The van der Waals surface area contributed by atoms with E-state index in [1.54, 1.807) is 0 Å². The van der Waals surface area contributed by atoms with Crippen LogP contribution < -0.4 is 4.74 Å². The number of aromatic nitrogens is 3. The van der Waals surface area contributed by atoms with E-state index in [1.807, 2.05) is 46.1 Å². The predicted octanol–water partition coefficient (Wildman–Crippen LogP) is 2.04. The molecule has 2 fully saturated rings. The molecule has 0 N–H and O–H groups in total. The number of nitrogens with zero attached hydrogens (tertiary/aromatic N) is 4. The zero-order valence-electron chi connectivity index (χ0n) is 13.0. The van der Waals surface area contributed by atoms with E-state index >= 15 is 0 Å². The van der Waals surface area contributed by atoms with Gasteiger partial charge in [-0.25, -0.2) is 4.68 Å². The van der Waals surface area contributed by atoms with Crippen molar-refractivity contribution in [3.05, 3.63) is 42.2 Å². The van der Waals surface area contributed by atoms with Crippen LogP contribution in [-0.4, -0.2) is 38.9 Å². The molecule has 0 bridgehead atoms. The van der Waals surface area contributed by atoms with Crippen molar-refractivity contribution in [1.29, 1.82) is 0 Å². The Balaban J connectivity index is 1.26. The van der Waals surface area contributed by atoms with E-state index in [9.17, 15) is 4.79 Å². The van der Waals surface area contributed by atoms with Gasteiger partial charge < -0.3 is 9.64 Å². The highest BCUT2D eigenvalue weighted by Gasteiger charge is 2.35. The minimum atomic E-state index is 0.246. The summed E-state index contributed by atoms with van der Waals surface area (Å²) in [5.74, 6) is 1.76. The first-order chi connectivity index (χ1) is 11.3. The molecule has 2 aromatic rings. The predicted molar refractivity (Wildman–Crippen MR) is 83.8 cm³/mol. The number of para-hydroxylation sites is 1. The Hall–Kier alpha value is -2.37. The topological polar surface area (TPSA) is 60.2 Å². The van der Waals surface area contributed by atoms with E-state index in [1.165, 1.54) is 12.8 Å². The number of hydrogen-bond acceptors (Lipinski definition) is 4. The molecule has 4 rings (SSSR count). The summed E-state index contributed by atoms with van der Waals surface area (Å²) < 4.78 is 7.52. The number of amides is 1. The third kappa shape index (κ3) is 3.36. The molecule has 2 aliphatic rings. The molecule has 120 valence electrons. The van der Waals surface area contributed by atoms with Gasteiger partial charge in [0.2, 0.25) is 5.91 Å². The Bertz CT molecular complexity index is 675. The molecule has 1 saturated carbocycles. The molecule has 0 unspecified atom stereocenters. The van der Waals surface area contributed by atoms with Gasteiger partial charge >= 0.3 is 0 Å². The SMILES string of the molecule is O=C(CC1CC1)N1CC(n2cc(COc3ccccc3)nn2)C1. The minimum Gasteiger partial charge on any atom is -0.487 e. The van der Waals surface area contributed by atoms with Crippen LogP contribution in [0.1, 0.15) is 31.0 Å². The molecule has 0 spiro atoms. The van der Waals surface area contributed by atoms with Crippen LogP contribution in [0.5, 0.6) is 5.75 Å². The number of rotatable bonds is 6. The molecule has 1 aliphatic carbocycles. The number of carbonyl (C=O) groups excluding carboxylic acids is 1. The molecule has 23 heavy (non-hydrogen) atoms. The molecule has 6 heteroatoms. The minimum absolute atomic E-state index is 0.246. The first-order valence-electron chi connectivity index (χ1n) is 8.14. The number of benzene rings is 1. The third-order valence-corrected chi connectivity index (χ3v) is 4.44. The first kappa shape index (κ1) is 14.2. The van der Waals surface area contributed by atoms with Crippen LogP contribution in [0.4, 0.5) is 0 Å². The maximum atomic E-state index is 12.0. The maximum Gasteiger partial charge on any atom is 0.222 e. The van der Waals surface area contributed by atoms with Crippen LogP contribution in [0, 0.1) is 5.92 Å². The molecule has 2 heterocycles. The van der Waals surface area contributed by atoms with Gasteiger partial charge in [-0.2, -0.15) is 0 Å². The number of likely N-dealkylation sites (tertiary alicyclic amines) is 1. The van der Waals surface area contributed by atoms with Gasteiger partial charge in [0.15, 0.2) is 0 Å². The molecule has 1 saturated heterocycles. The van der Waals surface area contributed by atoms with Gasteiger partial charge in [-0.3, -0.25) is 4.79 Å². The summed E-state index contributed by atoms with van der Waals surface area (Å²) in [6.07, 6.45) is 5.07. The summed E-state index contributed by atoms with van der Waals surface area (Å²) in [5.41, 5.74) is 0.802. The summed E-state index contributed by atoms with van der Waals surface area (Å²) in [6.45, 7) is 1.89. The van der Waals surface area contributed by atoms with Crippen molar-refractivity contribution in [1.82, 2.24) is 19.9 Å². The van der Waals surface area contributed by atoms with Crippen molar-refractivity contribution < 1.29 is 9.53 Å². The number of hydrogen-bond donors (Lipinski definition) is 0. The smallest absolute Gasteiger partial charge is 0.222 e. The molecular formula is C17H20N4O2. The zero-order valence-corrected chi connectivity index (χ0v) is 13.0. The molecule has 0 radical (unpaired) electrons. The molecule has 1 aliphatic heterocycles. The largest absolute Gasteiger partial charge is 0.487 e. The number of carbonyl (C=O) groups is 1. The quantitative estimate of drug-likeness (QED) is 0.819. The van der Waals surface area contributed by atoms with Crippen LogP contribution in [-0.2, 0) is 11.4 Å². The van der Waals surface area contributed by atoms with Gasteiger partial charge in [0, 0.05) is 19.5 Å². The van der Waals surface area contributed by atoms with Crippen LogP contribution in [0.3, 0.4) is 0 Å². The average molecular weight is 312 g/mol. The Morgan fingerprint density at radius 1 is 1.22 bits per heavy atom. The fourth-order valence-electron chi connectivity index (χ4n) is 2.76. The van der Waals surface area contributed by atoms with E-state index in [0.717, 1.165) is 31.0 Å². The van der Waals surface area contributed by atoms with E-state index < -0.39 is 0 Å². The van der Waals surface area contributed by atoms with Gasteiger partial charge in [-0.15, -0.1) is 5.10 Å². The van der Waals surface area contributed by atoms with Crippen molar-refractivity contribution in [2.75, 3.05) is 13.1 Å². The summed E-state index contributed by atoms with van der Waals surface area (Å²) in [6, 6.07) is 9.91. The lowest BCUT2D eigenvalue weighted by atomic mass is 10.1. The van der Waals surface area contributed by atoms with E-state index in [0.29, 0.717) is 12.5 Å². The molecule has 1 aromatic carbocycles. The second-order valence-corrected chi connectivity index (χ2v) is 6.39. The molecular weight excluding hydrogens is 292 g/mol. The Morgan fingerprint density at radius 3 is 2.74 bits per heavy atom. The average Bonchev–Trinajstić information content (AvgIpc) is 3.21. The van der Waals surface area contributed by atoms with Crippen LogP contribution in [0.15, 0.2) is 36.5 Å². The molecule has 6 nitrogen and oxygen atoms in total. The fourth-order valence-corrected chi connectivity index (χ4v) is 2.76. The first-order valence-corrected chi connectivity index (χ1v) is 8.14. The van der Waals surface area contributed by atoms with Crippen LogP contribution in [0.2, 0.25) is 0 Å². The van der Waals surface area contributed by atoms with Gasteiger partial charge in [-0.05, 0) is 30.9 Å². The van der Waals surface area contributed by atoms with Crippen LogP contribution >= 0.6 is 0 Å². The summed E-state index contributed by atoms with van der Waals surface area (Å²) in [7, 11) is 0. The monoisotopic (exact) mass is 312 g/mol. The van der Waals surface area contributed by atoms with Crippen molar-refractivity contribution in [3.8, 4) is 5.75 Å². The lowest BCUT2D eigenvalue weighted by molar-refractivity contribution is -0.137. The van der Waals surface area contributed by atoms with Gasteiger partial charge in [-0.1, -0.05) is 23.4 Å². The zero-order chi connectivity index (χ0) is 15.6. The summed E-state index contributed by atoms with van der Waals surface area (Å²) in [4.78, 5) is 13.9. The van der Waals surface area contributed by atoms with E-state index in [-0.39, 0.29) is 11.9 Å². The molecule has 1 aromatic heterocycles. The van der Waals surface area contributed by atoms with Crippen molar-refractivity contribution >= 4 is 5.91 Å². The molecule has 1 amide bonds. The lowest BCUT2D eigenvalue weighted by Crippen LogP contribution is -2.51. The van der Waals surface area contributed by atoms with Gasteiger partial charge in [0.1, 0.15) is 18.1 Å². The number of ether oxygens (including phenoxy) is 1. The summed E-state index contributed by atoms with van der Waals surface area (Å²) in [5, 5.41) is 8.31. The third-order valence-electron chi connectivity index (χ3n) is 4.44. The van der Waals surface area contributed by atoms with Crippen molar-refractivity contribution in [2.45, 2.75) is 31.9 Å². The van der Waals surface area contributed by atoms with Crippen molar-refractivity contribution in [3.63, 3.8) is 0 Å². The Labute approximate surface area is 135 Å². The van der Waals surface area contributed by atoms with Crippen molar-refractivity contribution in [2.24, 2.45) is 5.92 Å². The standard InChI is InChI=1S/C17H20N4O2/c22-17(8-13-6-7-13)20-10-15(11-20)21-9-14(18-19-21)12-23-16-4-2-1-3-5-16/h1-5,9,13,15H,6-8,10-12H2. The second-order valence-electron chi connectivity index (χ2n) is 6.39. The van der Waals surface area contributed by atoms with Gasteiger partial charge in [0.25, 0.3) is 0 Å². The highest BCUT2D eigenvalue weighted by molar-refractivity contribution is 5.77. The van der Waals surface area contributed by atoms with Gasteiger partial charge in [0.05, 0.1) is 12.2 Å². The van der Waals surface area contributed by atoms with Crippen LogP contribution in [0.25, 0.3) is 0 Å². The highest BCUT2D eigenvalue weighted by atomic mass is 16.5. The highest BCUT2D eigenvalue weighted by Crippen LogP contribution is 2.34. The maximum absolute atomic E-state index is 12.0. The normalized spacial score (nSPS) is 17.8. The second kappa shape index (κ2) is 6.02. The molecule has 0 atom stereocenters. The fraction of sp³-hybridized carbons (Fsp3) is 0.471. The lowest BCUT2D eigenvalue weighted by Gasteiger charge is -2.39. The summed E-state index contributed by atoms with van der Waals surface area (Å²) >= 11 is 0. The Kier molecular flexibility index (Phi) is 3.73. The van der Waals surface area contributed by atoms with E-state index in [4.69, 9.17) is 4.74 Å². The Morgan fingerprint density at radius 2 is 2.00 bits per heavy atom. The van der Waals surface area contributed by atoms with E-state index in [2.05, 4.69) is 10.3 Å².